The van der Waals surface area contributed by atoms with E-state index in [-0.39, 0.29) is 5.75 Å². The molecule has 0 aromatic heterocycles. The van der Waals surface area contributed by atoms with Crippen LogP contribution in [0.15, 0.2) is 49.0 Å². The highest BCUT2D eigenvalue weighted by atomic mass is 17.2. The highest BCUT2D eigenvalue weighted by Gasteiger charge is 2.13. The molecule has 3 heteroatoms. The van der Waals surface area contributed by atoms with Crippen LogP contribution in [0.1, 0.15) is 49.3 Å². The van der Waals surface area contributed by atoms with Gasteiger partial charge in [0, 0.05) is 11.1 Å². The summed E-state index contributed by atoms with van der Waals surface area (Å²) in [5, 5.41) is 10.2. The summed E-state index contributed by atoms with van der Waals surface area (Å²) in [5.41, 5.74) is 3.21. The first kappa shape index (κ1) is 18.1. The van der Waals surface area contributed by atoms with Gasteiger partial charge in [-0.25, -0.2) is 0 Å². The lowest BCUT2D eigenvalue weighted by molar-refractivity contribution is -0.207. The first-order valence-electron chi connectivity index (χ1n) is 8.51. The number of unbranched alkanes of at least 4 members (excludes halogenated alkanes) is 3. The molecule has 3 nitrogen and oxygen atoms in total. The molecule has 0 saturated carbocycles. The largest absolute Gasteiger partial charge is 0.507 e. The van der Waals surface area contributed by atoms with Gasteiger partial charge in [-0.1, -0.05) is 63.1 Å². The van der Waals surface area contributed by atoms with Gasteiger partial charge in [-0.15, -0.1) is 0 Å². The number of hydrogen-bond donors (Lipinski definition) is 1. The average Bonchev–Trinajstić information content (AvgIpc) is 2.58. The molecule has 0 atom stereocenters. The third kappa shape index (κ3) is 4.87. The van der Waals surface area contributed by atoms with Crippen molar-refractivity contribution in [1.29, 1.82) is 0 Å². The third-order valence-corrected chi connectivity index (χ3v) is 3.92. The predicted octanol–water partition coefficient (Wildman–Crippen LogP) is 5.65. The standard InChI is InChI=1S/C21H26O3/c1-4-5-6-9-14-23-24-21-11-8-7-10-19(21)17(3)18-13-12-16(2)15-20(18)22/h7-8,10-13,15,22H,3-6,9,14H2,1-2H3. The third-order valence-electron chi connectivity index (χ3n) is 3.92. The molecule has 0 spiro atoms. The molecule has 24 heavy (non-hydrogen) atoms. The Bertz CT molecular complexity index is 677. The van der Waals surface area contributed by atoms with Crippen LogP contribution in [0.3, 0.4) is 0 Å². The van der Waals surface area contributed by atoms with Gasteiger partial charge >= 0.3 is 0 Å². The zero-order valence-corrected chi connectivity index (χ0v) is 14.5. The second-order valence-corrected chi connectivity index (χ2v) is 5.96. The first-order chi connectivity index (χ1) is 11.6. The Hall–Kier alpha value is -2.26. The van der Waals surface area contributed by atoms with E-state index in [2.05, 4.69) is 13.5 Å². The normalized spacial score (nSPS) is 10.6. The van der Waals surface area contributed by atoms with Crippen molar-refractivity contribution in [1.82, 2.24) is 0 Å². The zero-order chi connectivity index (χ0) is 17.4. The summed E-state index contributed by atoms with van der Waals surface area (Å²) >= 11 is 0. The maximum Gasteiger partial charge on any atom is 0.173 e. The summed E-state index contributed by atoms with van der Waals surface area (Å²) in [6.45, 7) is 8.81. The molecule has 0 amide bonds. The van der Waals surface area contributed by atoms with Crippen molar-refractivity contribution in [3.8, 4) is 11.5 Å². The molecule has 0 aliphatic heterocycles. The molecule has 0 heterocycles. The molecule has 2 rings (SSSR count). The van der Waals surface area contributed by atoms with Gasteiger partial charge in [-0.05, 0) is 36.6 Å². The van der Waals surface area contributed by atoms with Crippen molar-refractivity contribution < 1.29 is 14.9 Å². The number of benzene rings is 2. The monoisotopic (exact) mass is 326 g/mol. The van der Waals surface area contributed by atoms with Crippen LogP contribution in [-0.2, 0) is 4.89 Å². The summed E-state index contributed by atoms with van der Waals surface area (Å²) in [5.74, 6) is 0.827. The number of hydrogen-bond acceptors (Lipinski definition) is 3. The first-order valence-corrected chi connectivity index (χ1v) is 8.51. The average molecular weight is 326 g/mol. The molecule has 0 saturated heterocycles. The van der Waals surface area contributed by atoms with Crippen LogP contribution >= 0.6 is 0 Å². The van der Waals surface area contributed by atoms with E-state index >= 15 is 0 Å². The summed E-state index contributed by atoms with van der Waals surface area (Å²) in [6.07, 6.45) is 4.54. The van der Waals surface area contributed by atoms with Gasteiger partial charge in [0.05, 0.1) is 6.61 Å². The van der Waals surface area contributed by atoms with Gasteiger partial charge in [0.2, 0.25) is 0 Å². The lowest BCUT2D eigenvalue weighted by Gasteiger charge is -2.13. The summed E-state index contributed by atoms with van der Waals surface area (Å²) < 4.78 is 0. The Morgan fingerprint density at radius 2 is 1.83 bits per heavy atom. The second kappa shape index (κ2) is 9.14. The number of aromatic hydroxyl groups is 1. The maximum atomic E-state index is 10.2. The van der Waals surface area contributed by atoms with Gasteiger partial charge in [-0.3, -0.25) is 0 Å². The van der Waals surface area contributed by atoms with Crippen LogP contribution in [0.5, 0.6) is 11.5 Å². The van der Waals surface area contributed by atoms with Crippen molar-refractivity contribution in [2.45, 2.75) is 39.5 Å². The highest BCUT2D eigenvalue weighted by molar-refractivity contribution is 5.83. The van der Waals surface area contributed by atoms with Crippen LogP contribution in [0.4, 0.5) is 0 Å². The number of aryl methyl sites for hydroxylation is 1. The van der Waals surface area contributed by atoms with E-state index in [4.69, 9.17) is 9.78 Å². The van der Waals surface area contributed by atoms with E-state index in [9.17, 15) is 5.11 Å². The van der Waals surface area contributed by atoms with Crippen molar-refractivity contribution >= 4 is 5.57 Å². The van der Waals surface area contributed by atoms with E-state index in [1.165, 1.54) is 12.8 Å². The van der Waals surface area contributed by atoms with Gasteiger partial charge < -0.3 is 9.99 Å². The molecule has 0 radical (unpaired) electrons. The molecular formula is C21H26O3. The minimum atomic E-state index is 0.218. The van der Waals surface area contributed by atoms with Crippen molar-refractivity contribution in [3.63, 3.8) is 0 Å². The maximum absolute atomic E-state index is 10.2. The molecule has 0 aliphatic rings. The molecular weight excluding hydrogens is 300 g/mol. The van der Waals surface area contributed by atoms with Gasteiger partial charge in [-0.2, -0.15) is 4.89 Å². The van der Waals surface area contributed by atoms with E-state index in [1.807, 2.05) is 43.3 Å². The molecule has 0 unspecified atom stereocenters. The lowest BCUT2D eigenvalue weighted by Crippen LogP contribution is -2.02. The highest BCUT2D eigenvalue weighted by Crippen LogP contribution is 2.34. The van der Waals surface area contributed by atoms with Crippen LogP contribution in [0.2, 0.25) is 0 Å². The van der Waals surface area contributed by atoms with E-state index < -0.39 is 0 Å². The Labute approximate surface area is 144 Å². The van der Waals surface area contributed by atoms with E-state index in [0.29, 0.717) is 23.5 Å². The van der Waals surface area contributed by atoms with Crippen LogP contribution in [0.25, 0.3) is 5.57 Å². The van der Waals surface area contributed by atoms with Gasteiger partial charge in [0.15, 0.2) is 5.75 Å². The summed E-state index contributed by atoms with van der Waals surface area (Å²) in [6, 6.07) is 13.1. The Morgan fingerprint density at radius 1 is 1.04 bits per heavy atom. The zero-order valence-electron chi connectivity index (χ0n) is 14.5. The molecule has 0 bridgehead atoms. The molecule has 128 valence electrons. The Kier molecular flexibility index (Phi) is 6.89. The number of rotatable bonds is 9. The summed E-state index contributed by atoms with van der Waals surface area (Å²) in [4.78, 5) is 10.8. The van der Waals surface area contributed by atoms with Gasteiger partial charge in [0.25, 0.3) is 0 Å². The van der Waals surface area contributed by atoms with Crippen molar-refractivity contribution in [2.75, 3.05) is 6.61 Å². The second-order valence-electron chi connectivity index (χ2n) is 5.96. The Balaban J connectivity index is 2.06. The molecule has 0 fully saturated rings. The van der Waals surface area contributed by atoms with Crippen LogP contribution in [-0.4, -0.2) is 11.7 Å². The molecule has 2 aromatic carbocycles. The smallest absolute Gasteiger partial charge is 0.173 e. The Morgan fingerprint density at radius 3 is 2.58 bits per heavy atom. The van der Waals surface area contributed by atoms with Crippen LogP contribution in [0, 0.1) is 6.92 Å². The predicted molar refractivity (Wildman–Crippen MR) is 98.1 cm³/mol. The quantitative estimate of drug-likeness (QED) is 0.367. The topological polar surface area (TPSA) is 38.7 Å². The number of phenols is 1. The lowest BCUT2D eigenvalue weighted by atomic mass is 9.97. The molecule has 2 aromatic rings. The molecule has 1 N–H and O–H groups in total. The van der Waals surface area contributed by atoms with Crippen molar-refractivity contribution in [3.05, 3.63) is 65.7 Å². The minimum absolute atomic E-state index is 0.218. The molecule has 0 aliphatic carbocycles. The van der Waals surface area contributed by atoms with E-state index in [1.54, 1.807) is 6.07 Å². The fourth-order valence-electron chi connectivity index (χ4n) is 2.52. The minimum Gasteiger partial charge on any atom is -0.507 e. The van der Waals surface area contributed by atoms with Gasteiger partial charge in [0.1, 0.15) is 5.75 Å². The van der Waals surface area contributed by atoms with Crippen LogP contribution < -0.4 is 4.89 Å². The van der Waals surface area contributed by atoms with E-state index in [0.717, 1.165) is 24.0 Å². The number of phenolic OH excluding ortho intramolecular Hbond substituents is 1. The van der Waals surface area contributed by atoms with Crippen molar-refractivity contribution in [2.24, 2.45) is 0 Å². The fourth-order valence-corrected chi connectivity index (χ4v) is 2.52. The fraction of sp³-hybridized carbons (Fsp3) is 0.333. The summed E-state index contributed by atoms with van der Waals surface area (Å²) in [7, 11) is 0. The number of para-hydroxylation sites is 1. The SMILES string of the molecule is C=C(c1ccc(C)cc1O)c1ccccc1OOCCCCCC.